The highest BCUT2D eigenvalue weighted by Gasteiger charge is 2.42. The third kappa shape index (κ3) is 3.06. The number of halogens is 4. The molecule has 1 aliphatic heterocycles. The number of fused-ring (bicyclic) bond motifs is 1. The molecule has 0 aromatic heterocycles. The summed E-state index contributed by atoms with van der Waals surface area (Å²) >= 11 is 13.2. The molecule has 0 atom stereocenters. The number of amides is 2. The number of carboxylic acid groups (broad SMARTS) is 2. The molecule has 0 saturated carbocycles. The second-order valence-corrected chi connectivity index (χ2v) is 8.46. The molecule has 0 radical (unpaired) electrons. The Balaban J connectivity index is 2.22. The second-order valence-electron chi connectivity index (χ2n) is 5.29. The van der Waals surface area contributed by atoms with Crippen molar-refractivity contribution >= 4 is 93.2 Å². The Bertz CT molecular complexity index is 1030. The number of aromatic carboxylic acids is 2. The number of carbonyl (C=O) groups excluding carboxylic acids is 2. The van der Waals surface area contributed by atoms with E-state index in [1.807, 2.05) is 0 Å². The molecule has 1 aliphatic rings. The molecule has 3 rings (SSSR count). The van der Waals surface area contributed by atoms with Gasteiger partial charge in [-0.3, -0.25) is 9.59 Å². The lowest BCUT2D eigenvalue weighted by atomic mass is 10.1. The van der Waals surface area contributed by atoms with Gasteiger partial charge in [-0.25, -0.2) is 14.5 Å². The van der Waals surface area contributed by atoms with Crippen LogP contribution in [0.4, 0.5) is 5.69 Å². The summed E-state index contributed by atoms with van der Waals surface area (Å²) in [5, 5.41) is 18.4. The standard InChI is InChI=1S/C16H5Br4NO6/c17-9-7-8(10(18)12(20)11(9)19)14(23)21(13(7)22)4-1-2-5(15(24)25)6(3-4)16(26)27/h1-3H,(H,24,25)(H,26,27). The lowest BCUT2D eigenvalue weighted by Crippen LogP contribution is -2.30. The first-order chi connectivity index (χ1) is 12.6. The van der Waals surface area contributed by atoms with Crippen molar-refractivity contribution in [2.24, 2.45) is 0 Å². The Morgan fingerprint density at radius 1 is 0.741 bits per heavy atom. The van der Waals surface area contributed by atoms with Crippen LogP contribution in [-0.2, 0) is 0 Å². The monoisotopic (exact) mass is 623 g/mol. The largest absolute Gasteiger partial charge is 0.478 e. The van der Waals surface area contributed by atoms with Crippen molar-refractivity contribution < 1.29 is 29.4 Å². The Morgan fingerprint density at radius 3 is 1.59 bits per heavy atom. The van der Waals surface area contributed by atoms with Gasteiger partial charge >= 0.3 is 11.9 Å². The fourth-order valence-corrected chi connectivity index (χ4v) is 5.08. The van der Waals surface area contributed by atoms with Crippen molar-refractivity contribution in [1.82, 2.24) is 0 Å². The summed E-state index contributed by atoms with van der Waals surface area (Å²) < 4.78 is 1.75. The fourth-order valence-electron chi connectivity index (χ4n) is 2.62. The highest BCUT2D eigenvalue weighted by atomic mass is 79.9. The maximum Gasteiger partial charge on any atom is 0.336 e. The van der Waals surface area contributed by atoms with E-state index in [0.717, 1.165) is 17.0 Å². The fraction of sp³-hybridized carbons (Fsp3) is 0. The smallest absolute Gasteiger partial charge is 0.336 e. The van der Waals surface area contributed by atoms with Gasteiger partial charge in [0.25, 0.3) is 11.8 Å². The van der Waals surface area contributed by atoms with Crippen LogP contribution < -0.4 is 4.90 Å². The van der Waals surface area contributed by atoms with Crippen LogP contribution >= 0.6 is 63.7 Å². The minimum atomic E-state index is -1.49. The number of anilines is 1. The molecule has 0 unspecified atom stereocenters. The van der Waals surface area contributed by atoms with Gasteiger partial charge in [0.2, 0.25) is 0 Å². The SMILES string of the molecule is O=C(O)c1ccc(N2C(=O)c3c(Br)c(Br)c(Br)c(Br)c3C2=O)cc1C(=O)O. The first-order valence-electron chi connectivity index (χ1n) is 6.93. The lowest BCUT2D eigenvalue weighted by molar-refractivity contribution is 0.0651. The van der Waals surface area contributed by atoms with E-state index in [2.05, 4.69) is 63.7 Å². The van der Waals surface area contributed by atoms with Crippen molar-refractivity contribution in [3.05, 3.63) is 58.3 Å². The summed E-state index contributed by atoms with van der Waals surface area (Å²) in [5.74, 6) is -4.26. The predicted molar refractivity (Wildman–Crippen MR) is 109 cm³/mol. The lowest BCUT2D eigenvalue weighted by Gasteiger charge is -2.15. The molecule has 2 amide bonds. The normalized spacial score (nSPS) is 13.1. The van der Waals surface area contributed by atoms with E-state index in [9.17, 15) is 24.3 Å². The number of benzene rings is 2. The molecule has 7 nitrogen and oxygen atoms in total. The topological polar surface area (TPSA) is 112 Å². The highest BCUT2D eigenvalue weighted by Crippen LogP contribution is 2.46. The van der Waals surface area contributed by atoms with Crippen molar-refractivity contribution in [2.75, 3.05) is 4.90 Å². The summed E-state index contributed by atoms with van der Waals surface area (Å²) in [6.45, 7) is 0. The van der Waals surface area contributed by atoms with Gasteiger partial charge in [-0.05, 0) is 81.9 Å². The first-order valence-corrected chi connectivity index (χ1v) is 10.1. The van der Waals surface area contributed by atoms with Crippen LogP contribution in [-0.4, -0.2) is 34.0 Å². The second kappa shape index (κ2) is 7.12. The number of carbonyl (C=O) groups is 4. The number of rotatable bonds is 3. The van der Waals surface area contributed by atoms with Crippen molar-refractivity contribution in [2.45, 2.75) is 0 Å². The van der Waals surface area contributed by atoms with Crippen LogP contribution in [0.3, 0.4) is 0 Å². The van der Waals surface area contributed by atoms with Gasteiger partial charge in [0.1, 0.15) is 0 Å². The average Bonchev–Trinajstić information content (AvgIpc) is 2.88. The van der Waals surface area contributed by atoms with Crippen LogP contribution in [0.15, 0.2) is 36.1 Å². The first kappa shape index (κ1) is 20.2. The molecular formula is C16H5Br4NO6. The van der Waals surface area contributed by atoms with Gasteiger partial charge in [-0.1, -0.05) is 0 Å². The van der Waals surface area contributed by atoms with E-state index in [1.165, 1.54) is 6.07 Å². The van der Waals surface area contributed by atoms with Gasteiger partial charge in [-0.2, -0.15) is 0 Å². The van der Waals surface area contributed by atoms with Crippen LogP contribution in [0.1, 0.15) is 41.4 Å². The molecule has 2 aromatic rings. The minimum absolute atomic E-state index is 0.0466. The zero-order valence-electron chi connectivity index (χ0n) is 12.7. The molecule has 1 heterocycles. The summed E-state index contributed by atoms with van der Waals surface area (Å²) in [7, 11) is 0. The average molecular weight is 627 g/mol. The predicted octanol–water partition coefficient (Wildman–Crippen LogP) is 4.93. The van der Waals surface area contributed by atoms with Gasteiger partial charge in [0.05, 0.1) is 27.9 Å². The van der Waals surface area contributed by atoms with Crippen LogP contribution in [0.5, 0.6) is 0 Å². The van der Waals surface area contributed by atoms with Crippen molar-refractivity contribution in [1.29, 1.82) is 0 Å². The third-order valence-electron chi connectivity index (χ3n) is 3.82. The molecule has 11 heteroatoms. The summed E-state index contributed by atoms with van der Waals surface area (Å²) in [6, 6.07) is 3.24. The van der Waals surface area contributed by atoms with E-state index in [1.54, 1.807) is 0 Å². The van der Waals surface area contributed by atoms with Gasteiger partial charge < -0.3 is 10.2 Å². The quantitative estimate of drug-likeness (QED) is 0.284. The molecule has 138 valence electrons. The molecule has 27 heavy (non-hydrogen) atoms. The van der Waals surface area contributed by atoms with Crippen molar-refractivity contribution in [3.8, 4) is 0 Å². The van der Waals surface area contributed by atoms with Gasteiger partial charge in [-0.15, -0.1) is 0 Å². The minimum Gasteiger partial charge on any atom is -0.478 e. The molecule has 0 saturated heterocycles. The molecule has 0 bridgehead atoms. The van der Waals surface area contributed by atoms with Gasteiger partial charge in [0.15, 0.2) is 0 Å². The van der Waals surface area contributed by atoms with E-state index in [4.69, 9.17) is 5.11 Å². The summed E-state index contributed by atoms with van der Waals surface area (Å²) in [4.78, 5) is 49.2. The number of carboxylic acids is 2. The van der Waals surface area contributed by atoms with Crippen LogP contribution in [0, 0.1) is 0 Å². The Kier molecular flexibility index (Phi) is 5.32. The maximum absolute atomic E-state index is 12.9. The number of nitrogens with zero attached hydrogens (tertiary/aromatic N) is 1. The van der Waals surface area contributed by atoms with Gasteiger partial charge in [0, 0.05) is 17.9 Å². The van der Waals surface area contributed by atoms with Crippen LogP contribution in [0.25, 0.3) is 0 Å². The Morgan fingerprint density at radius 2 is 1.19 bits per heavy atom. The molecule has 0 fully saturated rings. The van der Waals surface area contributed by atoms with E-state index < -0.39 is 34.9 Å². The Hall–Kier alpha value is -1.56. The number of hydrogen-bond acceptors (Lipinski definition) is 4. The molecular weight excluding hydrogens is 622 g/mol. The maximum atomic E-state index is 12.9. The van der Waals surface area contributed by atoms with E-state index in [0.29, 0.717) is 17.9 Å². The Labute approximate surface area is 184 Å². The summed E-state index contributed by atoms with van der Waals surface area (Å²) in [6.07, 6.45) is 0. The number of imide groups is 1. The van der Waals surface area contributed by atoms with E-state index in [-0.39, 0.29) is 16.8 Å². The summed E-state index contributed by atoms with van der Waals surface area (Å²) in [5.41, 5.74) is -0.829. The molecule has 0 aliphatic carbocycles. The molecule has 2 aromatic carbocycles. The molecule has 2 N–H and O–H groups in total. The van der Waals surface area contributed by atoms with E-state index >= 15 is 0 Å². The van der Waals surface area contributed by atoms with Crippen molar-refractivity contribution in [3.63, 3.8) is 0 Å². The zero-order chi connectivity index (χ0) is 20.2. The highest BCUT2D eigenvalue weighted by molar-refractivity contribution is 9.15. The number of hydrogen-bond donors (Lipinski definition) is 2. The molecule has 0 spiro atoms. The third-order valence-corrected chi connectivity index (χ3v) is 8.59. The van der Waals surface area contributed by atoms with Crippen LogP contribution in [0.2, 0.25) is 0 Å². The zero-order valence-corrected chi connectivity index (χ0v) is 19.1.